The third kappa shape index (κ3) is 11.9. The standard InChI is InChI=1S/C17H51O12Si10/c1-18-34(12,21-31(3,4)5)24-38(16)26-36(14)20-30(2)19-35(13,22-32(6,7)8)25-39(17,27-36)29-37(15,28-38)23-33(9,10)11/h1-17H3. The smallest absolute Gasteiger partial charge is 0.417 e. The van der Waals surface area contributed by atoms with Gasteiger partial charge in [-0.25, -0.2) is 0 Å². The van der Waals surface area contributed by atoms with Gasteiger partial charge in [0, 0.05) is 46.4 Å². The van der Waals surface area contributed by atoms with Gasteiger partial charge in [0.15, 0.2) is 25.0 Å². The fourth-order valence-corrected chi connectivity index (χ4v) is 48.2. The molecule has 22 heteroatoms. The molecular weight excluding hydrogens is 677 g/mol. The van der Waals surface area contributed by atoms with E-state index in [1.54, 1.807) is 20.2 Å². The first kappa shape index (κ1) is 36.9. The van der Waals surface area contributed by atoms with Crippen LogP contribution in [0.3, 0.4) is 0 Å². The van der Waals surface area contributed by atoms with Gasteiger partial charge >= 0.3 is 62.1 Å². The fraction of sp³-hybridized carbons (Fsp3) is 1.00. The van der Waals surface area contributed by atoms with E-state index in [0.717, 1.165) is 0 Å². The van der Waals surface area contributed by atoms with Crippen LogP contribution in [0.15, 0.2) is 0 Å². The summed E-state index contributed by atoms with van der Waals surface area (Å²) in [5.41, 5.74) is 0. The van der Waals surface area contributed by atoms with Crippen molar-refractivity contribution >= 4 is 87.1 Å². The van der Waals surface area contributed by atoms with Crippen LogP contribution in [-0.4, -0.2) is 94.2 Å². The van der Waals surface area contributed by atoms with Crippen molar-refractivity contribution in [2.45, 2.75) is 105 Å². The highest BCUT2D eigenvalue weighted by molar-refractivity contribution is 6.96. The molecule has 2 bridgehead atoms. The SMILES string of the molecule is CO[Si](C)(O[Si](C)(C)C)O[Si]1(C)O[Si]2(C)O[Si](C)O[Si](C)(O[Si](C)(C)C)O[Si](C)(O2)O[Si](C)(O[Si](C)(C)C)O1. The molecule has 6 unspecified atom stereocenters. The van der Waals surface area contributed by atoms with Crippen LogP contribution in [0.1, 0.15) is 0 Å². The second-order valence-corrected chi connectivity index (χ2v) is 46.7. The van der Waals surface area contributed by atoms with Gasteiger partial charge in [0.1, 0.15) is 0 Å². The quantitative estimate of drug-likeness (QED) is 0.302. The maximum absolute atomic E-state index is 6.82. The molecule has 0 aromatic rings. The summed E-state index contributed by atoms with van der Waals surface area (Å²) in [6.07, 6.45) is 0. The third-order valence-corrected chi connectivity index (χ3v) is 40.3. The Labute approximate surface area is 247 Å². The summed E-state index contributed by atoms with van der Waals surface area (Å²) in [4.78, 5) is 0. The summed E-state index contributed by atoms with van der Waals surface area (Å²) in [5.74, 6) is 0. The lowest BCUT2D eigenvalue weighted by Gasteiger charge is -2.52. The van der Waals surface area contributed by atoms with Gasteiger partial charge in [-0.3, -0.25) is 0 Å². The van der Waals surface area contributed by atoms with Gasteiger partial charge in [-0.1, -0.05) is 0 Å². The first-order valence-corrected chi connectivity index (χ1v) is 38.5. The molecule has 6 atom stereocenters. The predicted octanol–water partition coefficient (Wildman–Crippen LogP) is 4.88. The minimum absolute atomic E-state index is 1.59. The zero-order valence-electron chi connectivity index (χ0n) is 26.9. The van der Waals surface area contributed by atoms with E-state index in [0.29, 0.717) is 0 Å². The van der Waals surface area contributed by atoms with Gasteiger partial charge < -0.3 is 49.7 Å². The highest BCUT2D eigenvalue weighted by Crippen LogP contribution is 2.39. The van der Waals surface area contributed by atoms with Crippen molar-refractivity contribution in [2.75, 3.05) is 7.11 Å². The average molecular weight is 728 g/mol. The number of fused-ring (bicyclic) bond motifs is 2. The highest BCUT2D eigenvalue weighted by Gasteiger charge is 2.68. The number of rotatable bonds is 9. The van der Waals surface area contributed by atoms with Crippen molar-refractivity contribution in [1.82, 2.24) is 0 Å². The van der Waals surface area contributed by atoms with Gasteiger partial charge in [0.2, 0.25) is 0 Å². The van der Waals surface area contributed by atoms with Gasteiger partial charge in [-0.15, -0.1) is 0 Å². The molecule has 2 aliphatic heterocycles. The Morgan fingerprint density at radius 3 is 1.41 bits per heavy atom. The average Bonchev–Trinajstić information content (AvgIpc) is 2.50. The molecule has 2 aliphatic rings. The van der Waals surface area contributed by atoms with Crippen molar-refractivity contribution in [3.63, 3.8) is 0 Å². The van der Waals surface area contributed by atoms with Crippen LogP contribution in [-0.2, 0) is 49.7 Å². The van der Waals surface area contributed by atoms with Crippen LogP contribution >= 0.6 is 0 Å². The van der Waals surface area contributed by atoms with Crippen LogP contribution in [0.2, 0.25) is 105 Å². The summed E-state index contributed by atoms with van der Waals surface area (Å²) in [7, 11) is -27.3. The largest absolute Gasteiger partial charge is 0.479 e. The molecule has 0 N–H and O–H groups in total. The molecule has 12 nitrogen and oxygen atoms in total. The molecule has 2 rings (SSSR count). The summed E-state index contributed by atoms with van der Waals surface area (Å²) < 4.78 is 78.9. The molecule has 0 saturated carbocycles. The first-order chi connectivity index (χ1) is 17.0. The van der Waals surface area contributed by atoms with E-state index in [1.807, 2.05) is 32.7 Å². The lowest BCUT2D eigenvalue weighted by Crippen LogP contribution is -2.76. The van der Waals surface area contributed by atoms with E-state index >= 15 is 0 Å². The minimum atomic E-state index is -3.64. The van der Waals surface area contributed by atoms with E-state index in [9.17, 15) is 0 Å². The normalized spacial score (nSPS) is 39.3. The van der Waals surface area contributed by atoms with E-state index in [1.165, 1.54) is 0 Å². The Morgan fingerprint density at radius 1 is 0.513 bits per heavy atom. The monoisotopic (exact) mass is 727 g/mol. The second kappa shape index (κ2) is 11.9. The Morgan fingerprint density at radius 2 is 0.949 bits per heavy atom. The summed E-state index contributed by atoms with van der Waals surface area (Å²) in [6, 6.07) is 0. The maximum atomic E-state index is 6.82. The van der Waals surface area contributed by atoms with E-state index in [4.69, 9.17) is 49.7 Å². The molecule has 0 aliphatic carbocycles. The number of hydrogen-bond donors (Lipinski definition) is 0. The van der Waals surface area contributed by atoms with E-state index in [-0.39, 0.29) is 0 Å². The van der Waals surface area contributed by atoms with Crippen molar-refractivity contribution in [3.05, 3.63) is 0 Å². The van der Waals surface area contributed by atoms with Crippen LogP contribution < -0.4 is 0 Å². The zero-order valence-corrected chi connectivity index (χ0v) is 36.9. The Bertz CT molecular complexity index is 875. The number of hydrogen-bond acceptors (Lipinski definition) is 12. The predicted molar refractivity (Wildman–Crippen MR) is 170 cm³/mol. The summed E-state index contributed by atoms with van der Waals surface area (Å²) in [5, 5.41) is 0. The van der Waals surface area contributed by atoms with Crippen LogP contribution in [0.5, 0.6) is 0 Å². The fourth-order valence-electron chi connectivity index (χ4n) is 4.65. The molecular formula is C17H51O12Si10. The Hall–Kier alpha value is 1.69. The third-order valence-electron chi connectivity index (χ3n) is 4.73. The van der Waals surface area contributed by atoms with Gasteiger partial charge in [-0.05, 0) is 65.5 Å². The topological polar surface area (TPSA) is 111 Å². The van der Waals surface area contributed by atoms with Crippen LogP contribution in [0.25, 0.3) is 0 Å². The highest BCUT2D eigenvalue weighted by atomic mass is 28.6. The van der Waals surface area contributed by atoms with Crippen molar-refractivity contribution in [3.8, 4) is 0 Å². The van der Waals surface area contributed by atoms with Gasteiger partial charge in [-0.2, -0.15) is 0 Å². The van der Waals surface area contributed by atoms with Crippen molar-refractivity contribution in [2.24, 2.45) is 0 Å². The second-order valence-electron chi connectivity index (χ2n) is 13.3. The molecule has 2 fully saturated rings. The molecule has 0 aromatic carbocycles. The first-order valence-electron chi connectivity index (χ1n) is 13.1. The molecule has 0 amide bonds. The lowest BCUT2D eigenvalue weighted by atomic mass is 11.8. The van der Waals surface area contributed by atoms with E-state index < -0.39 is 87.1 Å². The van der Waals surface area contributed by atoms with Crippen LogP contribution in [0, 0.1) is 0 Å². The van der Waals surface area contributed by atoms with Gasteiger partial charge in [0.25, 0.3) is 0 Å². The van der Waals surface area contributed by atoms with E-state index in [2.05, 4.69) is 58.9 Å². The summed E-state index contributed by atoms with van der Waals surface area (Å²) in [6.45, 7) is 31.6. The molecule has 0 aromatic heterocycles. The molecule has 231 valence electrons. The molecule has 39 heavy (non-hydrogen) atoms. The van der Waals surface area contributed by atoms with Crippen molar-refractivity contribution < 1.29 is 49.7 Å². The minimum Gasteiger partial charge on any atom is -0.417 e. The Kier molecular flexibility index (Phi) is 11.2. The molecule has 1 radical (unpaired) electrons. The Balaban J connectivity index is 2.63. The molecule has 0 spiro atoms. The zero-order chi connectivity index (χ0) is 30.6. The van der Waals surface area contributed by atoms with Crippen molar-refractivity contribution in [1.29, 1.82) is 0 Å². The molecule has 2 saturated heterocycles. The lowest BCUT2D eigenvalue weighted by molar-refractivity contribution is 0.0571. The van der Waals surface area contributed by atoms with Gasteiger partial charge in [0.05, 0.1) is 0 Å². The molecule has 2 heterocycles. The summed E-state index contributed by atoms with van der Waals surface area (Å²) >= 11 is 0. The maximum Gasteiger partial charge on any atom is 0.479 e. The van der Waals surface area contributed by atoms with Crippen LogP contribution in [0.4, 0.5) is 0 Å².